The van der Waals surface area contributed by atoms with Crippen molar-refractivity contribution in [3.63, 3.8) is 0 Å². The van der Waals surface area contributed by atoms with Crippen LogP contribution in [0.25, 0.3) is 33.7 Å². The SMILES string of the molecule is COc1ccc(-c2nc(-c3ccc4c(c3)c(Cl)cn4CCC(=O)O)no2)cc1C(F)(F)F. The molecule has 0 atom stereocenters. The van der Waals surface area contributed by atoms with Gasteiger partial charge >= 0.3 is 12.1 Å². The number of aliphatic carboxylic acids is 1. The third-order valence-corrected chi connectivity index (χ3v) is 5.14. The molecule has 2 aromatic carbocycles. The number of aromatic nitrogens is 3. The molecule has 0 fully saturated rings. The molecule has 0 unspecified atom stereocenters. The number of halogens is 4. The van der Waals surface area contributed by atoms with E-state index < -0.39 is 17.7 Å². The van der Waals surface area contributed by atoms with Crippen molar-refractivity contribution < 1.29 is 32.3 Å². The molecule has 0 aliphatic carbocycles. The van der Waals surface area contributed by atoms with E-state index in [1.54, 1.807) is 29.0 Å². The molecule has 7 nitrogen and oxygen atoms in total. The Bertz CT molecular complexity index is 1310. The van der Waals surface area contributed by atoms with Gasteiger partial charge in [0.2, 0.25) is 5.82 Å². The number of hydrogen-bond donors (Lipinski definition) is 1. The molecule has 0 bridgehead atoms. The predicted octanol–water partition coefficient (Wildman–Crippen LogP) is 5.51. The van der Waals surface area contributed by atoms with Gasteiger partial charge < -0.3 is 18.9 Å². The van der Waals surface area contributed by atoms with E-state index in [1.165, 1.54) is 12.1 Å². The first-order valence-electron chi connectivity index (χ1n) is 9.27. The van der Waals surface area contributed by atoms with Gasteiger partial charge in [-0.2, -0.15) is 18.2 Å². The van der Waals surface area contributed by atoms with Crippen molar-refractivity contribution in [3.05, 3.63) is 53.2 Å². The largest absolute Gasteiger partial charge is 0.496 e. The molecule has 0 amide bonds. The van der Waals surface area contributed by atoms with Crippen LogP contribution in [0.5, 0.6) is 5.75 Å². The van der Waals surface area contributed by atoms with Gasteiger partial charge in [0.05, 0.1) is 24.1 Å². The fourth-order valence-corrected chi connectivity index (χ4v) is 3.58. The van der Waals surface area contributed by atoms with Gasteiger partial charge in [0, 0.05) is 34.8 Å². The van der Waals surface area contributed by atoms with Crippen molar-refractivity contribution in [3.8, 4) is 28.6 Å². The lowest BCUT2D eigenvalue weighted by atomic mass is 10.1. The number of fused-ring (bicyclic) bond motifs is 1. The van der Waals surface area contributed by atoms with E-state index in [1.807, 2.05) is 0 Å². The summed E-state index contributed by atoms with van der Waals surface area (Å²) in [6, 6.07) is 8.61. The normalized spacial score (nSPS) is 11.8. The average Bonchev–Trinajstić information content (AvgIpc) is 3.36. The van der Waals surface area contributed by atoms with Gasteiger partial charge in [-0.05, 0) is 36.4 Å². The summed E-state index contributed by atoms with van der Waals surface area (Å²) in [6.45, 7) is 0.253. The number of rotatable bonds is 6. The summed E-state index contributed by atoms with van der Waals surface area (Å²) < 4.78 is 51.6. The summed E-state index contributed by atoms with van der Waals surface area (Å²) in [5.74, 6) is -1.15. The molecule has 0 spiro atoms. The maximum Gasteiger partial charge on any atom is 0.419 e. The number of aryl methyl sites for hydroxylation is 1. The molecular formula is C21H15ClF3N3O4. The van der Waals surface area contributed by atoms with Gasteiger partial charge in [0.25, 0.3) is 5.89 Å². The number of carboxylic acids is 1. The second kappa shape index (κ2) is 8.19. The molecule has 32 heavy (non-hydrogen) atoms. The molecule has 4 aromatic rings. The van der Waals surface area contributed by atoms with Gasteiger partial charge in [-0.1, -0.05) is 16.8 Å². The van der Waals surface area contributed by atoms with Crippen molar-refractivity contribution in [2.75, 3.05) is 7.11 Å². The molecular weight excluding hydrogens is 451 g/mol. The minimum atomic E-state index is -4.61. The van der Waals surface area contributed by atoms with E-state index in [0.717, 1.165) is 18.7 Å². The van der Waals surface area contributed by atoms with E-state index in [2.05, 4.69) is 10.1 Å². The van der Waals surface area contributed by atoms with Crippen LogP contribution in [0.3, 0.4) is 0 Å². The third kappa shape index (κ3) is 4.13. The van der Waals surface area contributed by atoms with Crippen LogP contribution < -0.4 is 4.74 Å². The fourth-order valence-electron chi connectivity index (χ4n) is 3.31. The highest BCUT2D eigenvalue weighted by molar-refractivity contribution is 6.35. The second-order valence-electron chi connectivity index (χ2n) is 6.88. The third-order valence-electron chi connectivity index (χ3n) is 4.84. The van der Waals surface area contributed by atoms with Gasteiger partial charge in [-0.25, -0.2) is 0 Å². The highest BCUT2D eigenvalue weighted by atomic mass is 35.5. The van der Waals surface area contributed by atoms with E-state index in [-0.39, 0.29) is 36.0 Å². The Morgan fingerprint density at radius 2 is 1.97 bits per heavy atom. The first-order chi connectivity index (χ1) is 15.2. The lowest BCUT2D eigenvalue weighted by Crippen LogP contribution is -2.07. The highest BCUT2D eigenvalue weighted by Gasteiger charge is 2.35. The molecule has 4 rings (SSSR count). The number of hydrogen-bond acceptors (Lipinski definition) is 5. The maximum atomic E-state index is 13.3. The Morgan fingerprint density at radius 3 is 2.66 bits per heavy atom. The van der Waals surface area contributed by atoms with Crippen LogP contribution >= 0.6 is 11.6 Å². The number of benzene rings is 2. The van der Waals surface area contributed by atoms with Crippen LogP contribution in [0.1, 0.15) is 12.0 Å². The Balaban J connectivity index is 1.68. The fraction of sp³-hybridized carbons (Fsp3) is 0.190. The standard InChI is InChI=1S/C21H15ClF3N3O4/c1-31-17-5-3-12(9-14(17)21(23,24)25)20-26-19(27-32-20)11-2-4-16-13(8-11)15(22)10-28(16)7-6-18(29)30/h2-5,8-10H,6-7H2,1H3,(H,29,30). The molecule has 0 saturated carbocycles. The van der Waals surface area contributed by atoms with Gasteiger partial charge in [0.1, 0.15) is 5.75 Å². The van der Waals surface area contributed by atoms with E-state index in [4.69, 9.17) is 26.0 Å². The zero-order chi connectivity index (χ0) is 23.0. The molecule has 0 saturated heterocycles. The first-order valence-corrected chi connectivity index (χ1v) is 9.65. The first kappa shape index (κ1) is 21.7. The Labute approximate surface area is 184 Å². The summed E-state index contributed by atoms with van der Waals surface area (Å²) >= 11 is 6.29. The lowest BCUT2D eigenvalue weighted by molar-refractivity contribution is -0.139. The van der Waals surface area contributed by atoms with Crippen LogP contribution in [0.15, 0.2) is 47.1 Å². The van der Waals surface area contributed by atoms with Crippen molar-refractivity contribution in [1.82, 2.24) is 14.7 Å². The summed E-state index contributed by atoms with van der Waals surface area (Å²) in [7, 11) is 1.16. The second-order valence-corrected chi connectivity index (χ2v) is 7.29. The zero-order valence-corrected chi connectivity index (χ0v) is 17.2. The summed E-state index contributed by atoms with van der Waals surface area (Å²) in [4.78, 5) is 15.1. The summed E-state index contributed by atoms with van der Waals surface area (Å²) in [6.07, 6.45) is -3.03. The minimum absolute atomic E-state index is 0.0577. The number of carbonyl (C=O) groups is 1. The Morgan fingerprint density at radius 1 is 1.22 bits per heavy atom. The van der Waals surface area contributed by atoms with Gasteiger partial charge in [0.15, 0.2) is 0 Å². The Hall–Kier alpha value is -3.53. The highest BCUT2D eigenvalue weighted by Crippen LogP contribution is 2.39. The number of nitrogens with zero attached hydrogens (tertiary/aromatic N) is 3. The van der Waals surface area contributed by atoms with E-state index in [0.29, 0.717) is 16.0 Å². The van der Waals surface area contributed by atoms with Crippen molar-refractivity contribution >= 4 is 28.5 Å². The van der Waals surface area contributed by atoms with Crippen molar-refractivity contribution in [2.24, 2.45) is 0 Å². The van der Waals surface area contributed by atoms with E-state index >= 15 is 0 Å². The van der Waals surface area contributed by atoms with Crippen LogP contribution in [-0.2, 0) is 17.5 Å². The predicted molar refractivity (Wildman–Crippen MR) is 109 cm³/mol. The smallest absolute Gasteiger partial charge is 0.419 e. The average molecular weight is 466 g/mol. The van der Waals surface area contributed by atoms with Gasteiger partial charge in [-0.3, -0.25) is 4.79 Å². The van der Waals surface area contributed by atoms with Crippen molar-refractivity contribution in [1.29, 1.82) is 0 Å². The number of methoxy groups -OCH3 is 1. The molecule has 2 aromatic heterocycles. The zero-order valence-electron chi connectivity index (χ0n) is 16.5. The lowest BCUT2D eigenvalue weighted by Gasteiger charge is -2.12. The van der Waals surface area contributed by atoms with Gasteiger partial charge in [-0.15, -0.1) is 0 Å². The molecule has 11 heteroatoms. The van der Waals surface area contributed by atoms with Crippen LogP contribution in [-0.4, -0.2) is 32.9 Å². The topological polar surface area (TPSA) is 90.4 Å². The molecule has 0 radical (unpaired) electrons. The number of ether oxygens (including phenoxy) is 1. The maximum absolute atomic E-state index is 13.3. The van der Waals surface area contributed by atoms with Crippen molar-refractivity contribution in [2.45, 2.75) is 19.1 Å². The minimum Gasteiger partial charge on any atom is -0.496 e. The summed E-state index contributed by atoms with van der Waals surface area (Å²) in [5, 5.41) is 13.8. The molecule has 2 heterocycles. The van der Waals surface area contributed by atoms with Crippen LogP contribution in [0, 0.1) is 0 Å². The number of carboxylic acid groups (broad SMARTS) is 1. The molecule has 1 N–H and O–H groups in total. The van der Waals surface area contributed by atoms with E-state index in [9.17, 15) is 18.0 Å². The molecule has 0 aliphatic heterocycles. The molecule has 166 valence electrons. The summed E-state index contributed by atoms with van der Waals surface area (Å²) in [5.41, 5.74) is 0.410. The van der Waals surface area contributed by atoms with Crippen LogP contribution in [0.2, 0.25) is 5.02 Å². The number of alkyl halides is 3. The van der Waals surface area contributed by atoms with Crippen LogP contribution in [0.4, 0.5) is 13.2 Å². The monoisotopic (exact) mass is 465 g/mol. The Kier molecular flexibility index (Phi) is 5.55. The molecule has 0 aliphatic rings. The quantitative estimate of drug-likeness (QED) is 0.403.